The van der Waals surface area contributed by atoms with Gasteiger partial charge in [-0.15, -0.1) is 11.3 Å². The molecule has 20 heavy (non-hydrogen) atoms. The van der Waals surface area contributed by atoms with E-state index < -0.39 is 0 Å². The number of amides is 1. The molecule has 0 aliphatic heterocycles. The van der Waals surface area contributed by atoms with Gasteiger partial charge in [-0.05, 0) is 30.5 Å². The van der Waals surface area contributed by atoms with Crippen LogP contribution in [-0.4, -0.2) is 21.9 Å². The number of carbonyl (C=O) groups is 1. The Kier molecular flexibility index (Phi) is 4.81. The summed E-state index contributed by atoms with van der Waals surface area (Å²) in [7, 11) is 0. The molecule has 1 atom stereocenters. The van der Waals surface area contributed by atoms with Gasteiger partial charge in [0.2, 0.25) is 0 Å². The average Bonchev–Trinajstić information content (AvgIpc) is 2.91. The summed E-state index contributed by atoms with van der Waals surface area (Å²) in [5.74, 6) is -0.191. The molecule has 0 aliphatic rings. The lowest BCUT2D eigenvalue weighted by Crippen LogP contribution is -2.34. The summed E-state index contributed by atoms with van der Waals surface area (Å²) in [6.07, 6.45) is 2.33. The Morgan fingerprint density at radius 2 is 2.30 bits per heavy atom. The van der Waals surface area contributed by atoms with Gasteiger partial charge < -0.3 is 11.1 Å². The Morgan fingerprint density at radius 1 is 1.50 bits per heavy atom. The number of hydrogen-bond acceptors (Lipinski definition) is 4. The van der Waals surface area contributed by atoms with Crippen LogP contribution in [0.15, 0.2) is 35.8 Å². The van der Waals surface area contributed by atoms with E-state index in [9.17, 15) is 4.79 Å². The van der Waals surface area contributed by atoms with Crippen LogP contribution in [0.4, 0.5) is 0 Å². The molecule has 0 spiro atoms. The van der Waals surface area contributed by atoms with Crippen molar-refractivity contribution in [1.29, 1.82) is 0 Å². The Hall–Kier alpha value is -1.79. The van der Waals surface area contributed by atoms with Crippen LogP contribution in [0.5, 0.6) is 0 Å². The van der Waals surface area contributed by atoms with Crippen molar-refractivity contribution in [2.24, 2.45) is 5.73 Å². The Morgan fingerprint density at radius 3 is 2.85 bits per heavy atom. The molecule has 2 heterocycles. The van der Waals surface area contributed by atoms with Gasteiger partial charge in [-0.1, -0.05) is 18.3 Å². The highest BCUT2D eigenvalue weighted by Crippen LogP contribution is 2.11. The van der Waals surface area contributed by atoms with E-state index in [0.29, 0.717) is 11.3 Å². The van der Waals surface area contributed by atoms with Gasteiger partial charge in [-0.3, -0.25) is 9.78 Å². The van der Waals surface area contributed by atoms with Gasteiger partial charge in [0.25, 0.3) is 5.91 Å². The standard InChI is InChI=1S/C14H15N3OS2/c1-9(7-11-3-2-6-20-11)17-14(18)12-5-4-10(8-16-12)13(15)19/h2-6,8-9H,7H2,1H3,(H2,15,19)(H,17,18). The predicted octanol–water partition coefficient (Wildman–Crippen LogP) is 2.14. The van der Waals surface area contributed by atoms with Gasteiger partial charge in [0.1, 0.15) is 10.7 Å². The smallest absolute Gasteiger partial charge is 0.270 e. The molecular weight excluding hydrogens is 290 g/mol. The van der Waals surface area contributed by atoms with E-state index >= 15 is 0 Å². The molecular formula is C14H15N3OS2. The van der Waals surface area contributed by atoms with E-state index in [1.54, 1.807) is 23.5 Å². The zero-order valence-electron chi connectivity index (χ0n) is 11.0. The number of pyridine rings is 1. The third kappa shape index (κ3) is 3.85. The molecule has 0 saturated carbocycles. The van der Waals surface area contributed by atoms with Crippen molar-refractivity contribution in [3.8, 4) is 0 Å². The molecule has 2 rings (SSSR count). The first kappa shape index (κ1) is 14.6. The van der Waals surface area contributed by atoms with Crippen molar-refractivity contribution >= 4 is 34.5 Å². The molecule has 0 radical (unpaired) electrons. The van der Waals surface area contributed by atoms with Crippen molar-refractivity contribution < 1.29 is 4.79 Å². The predicted molar refractivity (Wildman–Crippen MR) is 85.1 cm³/mol. The third-order valence-corrected chi connectivity index (χ3v) is 3.88. The van der Waals surface area contributed by atoms with E-state index in [-0.39, 0.29) is 16.9 Å². The van der Waals surface area contributed by atoms with Crippen molar-refractivity contribution in [2.75, 3.05) is 0 Å². The molecule has 0 fully saturated rings. The fourth-order valence-corrected chi connectivity index (χ4v) is 2.71. The van der Waals surface area contributed by atoms with Crippen molar-refractivity contribution in [2.45, 2.75) is 19.4 Å². The highest BCUT2D eigenvalue weighted by atomic mass is 32.1. The Bertz CT molecular complexity index is 593. The van der Waals surface area contributed by atoms with Gasteiger partial charge in [-0.25, -0.2) is 0 Å². The van der Waals surface area contributed by atoms with E-state index in [1.807, 2.05) is 18.4 Å². The minimum Gasteiger partial charge on any atom is -0.389 e. The number of thiophene rings is 1. The van der Waals surface area contributed by atoms with E-state index in [0.717, 1.165) is 6.42 Å². The first-order valence-corrected chi connectivity index (χ1v) is 7.44. The largest absolute Gasteiger partial charge is 0.389 e. The molecule has 3 N–H and O–H groups in total. The number of nitrogens with two attached hydrogens (primary N) is 1. The second kappa shape index (κ2) is 6.58. The number of thiocarbonyl (C=S) groups is 1. The van der Waals surface area contributed by atoms with Gasteiger partial charge in [0.05, 0.1) is 0 Å². The summed E-state index contributed by atoms with van der Waals surface area (Å²) in [5, 5.41) is 4.95. The maximum absolute atomic E-state index is 12.0. The number of rotatable bonds is 5. The van der Waals surface area contributed by atoms with Crippen molar-refractivity contribution in [3.05, 3.63) is 52.0 Å². The maximum Gasteiger partial charge on any atom is 0.270 e. The molecule has 0 saturated heterocycles. The van der Waals surface area contributed by atoms with Crippen LogP contribution in [0.2, 0.25) is 0 Å². The van der Waals surface area contributed by atoms with E-state index in [2.05, 4.69) is 16.4 Å². The summed E-state index contributed by atoms with van der Waals surface area (Å²) in [4.78, 5) is 17.6. The zero-order chi connectivity index (χ0) is 14.5. The van der Waals surface area contributed by atoms with Crippen LogP contribution in [0, 0.1) is 0 Å². The lowest BCUT2D eigenvalue weighted by Gasteiger charge is -2.12. The number of hydrogen-bond donors (Lipinski definition) is 2. The molecule has 0 bridgehead atoms. The third-order valence-electron chi connectivity index (χ3n) is 2.75. The van der Waals surface area contributed by atoms with Gasteiger partial charge >= 0.3 is 0 Å². The SMILES string of the molecule is CC(Cc1cccs1)NC(=O)c1ccc(C(N)=S)cn1. The summed E-state index contributed by atoms with van der Waals surface area (Å²) < 4.78 is 0. The average molecular weight is 305 g/mol. The minimum atomic E-state index is -0.191. The number of nitrogens with zero attached hydrogens (tertiary/aromatic N) is 1. The second-order valence-corrected chi connectivity index (χ2v) is 5.93. The Balaban J connectivity index is 1.95. The lowest BCUT2D eigenvalue weighted by molar-refractivity contribution is 0.0935. The number of aromatic nitrogens is 1. The van der Waals surface area contributed by atoms with Crippen molar-refractivity contribution in [3.63, 3.8) is 0 Å². The summed E-state index contributed by atoms with van der Waals surface area (Å²) in [6, 6.07) is 7.45. The van der Waals surface area contributed by atoms with Crippen LogP contribution in [0.1, 0.15) is 27.9 Å². The Labute approximate surface area is 127 Å². The van der Waals surface area contributed by atoms with Crippen LogP contribution in [-0.2, 0) is 6.42 Å². The quantitative estimate of drug-likeness (QED) is 0.831. The van der Waals surface area contributed by atoms with Crippen LogP contribution < -0.4 is 11.1 Å². The number of nitrogens with one attached hydrogen (secondary N) is 1. The zero-order valence-corrected chi connectivity index (χ0v) is 12.6. The topological polar surface area (TPSA) is 68.0 Å². The van der Waals surface area contributed by atoms with Gasteiger partial charge in [0, 0.05) is 29.1 Å². The first-order chi connectivity index (χ1) is 9.56. The first-order valence-electron chi connectivity index (χ1n) is 6.15. The summed E-state index contributed by atoms with van der Waals surface area (Å²) in [6.45, 7) is 1.97. The molecule has 0 aromatic carbocycles. The lowest BCUT2D eigenvalue weighted by atomic mass is 10.2. The van der Waals surface area contributed by atoms with Crippen LogP contribution in [0.3, 0.4) is 0 Å². The summed E-state index contributed by atoms with van der Waals surface area (Å²) >= 11 is 6.53. The normalized spacial score (nSPS) is 11.8. The molecule has 2 aromatic heterocycles. The van der Waals surface area contributed by atoms with E-state index in [4.69, 9.17) is 18.0 Å². The highest BCUT2D eigenvalue weighted by Gasteiger charge is 2.12. The van der Waals surface area contributed by atoms with Crippen LogP contribution >= 0.6 is 23.6 Å². The molecule has 6 heteroatoms. The van der Waals surface area contributed by atoms with Crippen LogP contribution in [0.25, 0.3) is 0 Å². The molecule has 2 aromatic rings. The monoisotopic (exact) mass is 305 g/mol. The van der Waals surface area contributed by atoms with Gasteiger partial charge in [0.15, 0.2) is 0 Å². The summed E-state index contributed by atoms with van der Waals surface area (Å²) in [5.41, 5.74) is 6.51. The molecule has 104 valence electrons. The molecule has 1 unspecified atom stereocenters. The van der Waals surface area contributed by atoms with E-state index in [1.165, 1.54) is 11.1 Å². The second-order valence-electron chi connectivity index (χ2n) is 4.45. The highest BCUT2D eigenvalue weighted by molar-refractivity contribution is 7.80. The van der Waals surface area contributed by atoms with Gasteiger partial charge in [-0.2, -0.15) is 0 Å². The fraction of sp³-hybridized carbons (Fsp3) is 0.214. The number of carbonyl (C=O) groups excluding carboxylic acids is 1. The minimum absolute atomic E-state index is 0.0539. The molecule has 4 nitrogen and oxygen atoms in total. The fourth-order valence-electron chi connectivity index (χ4n) is 1.75. The molecule has 0 aliphatic carbocycles. The maximum atomic E-state index is 12.0. The van der Waals surface area contributed by atoms with Crippen molar-refractivity contribution in [1.82, 2.24) is 10.3 Å². The molecule has 1 amide bonds.